The van der Waals surface area contributed by atoms with Crippen molar-refractivity contribution in [3.63, 3.8) is 0 Å². The molecule has 1 unspecified atom stereocenters. The van der Waals surface area contributed by atoms with Crippen molar-refractivity contribution >= 4 is 33.5 Å². The third-order valence-corrected chi connectivity index (χ3v) is 6.67. The summed E-state index contributed by atoms with van der Waals surface area (Å²) in [6, 6.07) is 6.54. The molecule has 0 N–H and O–H groups in total. The highest BCUT2D eigenvalue weighted by Crippen LogP contribution is 2.28. The summed E-state index contributed by atoms with van der Waals surface area (Å²) in [4.78, 5) is 7.02. The van der Waals surface area contributed by atoms with Crippen molar-refractivity contribution in [1.29, 1.82) is 0 Å². The van der Waals surface area contributed by atoms with Gasteiger partial charge in [0.15, 0.2) is 12.1 Å². The number of benzene rings is 1. The summed E-state index contributed by atoms with van der Waals surface area (Å²) in [5.41, 5.74) is 2.32. The second-order valence-corrected chi connectivity index (χ2v) is 8.89. The van der Waals surface area contributed by atoms with Crippen LogP contribution in [0.1, 0.15) is 25.5 Å². The number of rotatable bonds is 5. The Morgan fingerprint density at radius 3 is 2.83 bits per heavy atom. The largest absolute Gasteiger partial charge is 0.379 e. The molecule has 0 radical (unpaired) electrons. The van der Waals surface area contributed by atoms with Gasteiger partial charge in [0.1, 0.15) is 6.33 Å². The van der Waals surface area contributed by atoms with E-state index in [0.717, 1.165) is 70.2 Å². The summed E-state index contributed by atoms with van der Waals surface area (Å²) in [6.07, 6.45) is 7.39. The van der Waals surface area contributed by atoms with Crippen LogP contribution in [0.5, 0.6) is 0 Å². The van der Waals surface area contributed by atoms with Crippen LogP contribution in [-0.2, 0) is 16.0 Å². The maximum Gasteiger partial charge on any atom is 0.181 e. The molecule has 0 aliphatic carbocycles. The van der Waals surface area contributed by atoms with Crippen LogP contribution in [-0.4, -0.2) is 63.7 Å². The van der Waals surface area contributed by atoms with Crippen LogP contribution in [0.25, 0.3) is 22.3 Å². The zero-order valence-corrected chi connectivity index (χ0v) is 18.6. The monoisotopic (exact) mass is 507 g/mol. The third-order valence-electron chi connectivity index (χ3n) is 5.81. The number of hydrogen-bond acceptors (Lipinski definition) is 5. The number of fused-ring (bicyclic) bond motifs is 1. The topological polar surface area (TPSA) is 57.3 Å². The molecule has 2 aromatic heterocycles. The van der Waals surface area contributed by atoms with Crippen LogP contribution < -0.4 is 0 Å². The lowest BCUT2D eigenvalue weighted by atomic mass is 10.1. The minimum atomic E-state index is 0.0233. The molecule has 29 heavy (non-hydrogen) atoms. The normalized spacial score (nSPS) is 21.1. The quantitative estimate of drug-likeness (QED) is 0.495. The highest BCUT2D eigenvalue weighted by Gasteiger charge is 2.18. The average molecular weight is 507 g/mol. The van der Waals surface area contributed by atoms with Gasteiger partial charge in [0.25, 0.3) is 0 Å². The molecule has 154 valence electrons. The van der Waals surface area contributed by atoms with Crippen molar-refractivity contribution in [2.45, 2.75) is 32.0 Å². The smallest absolute Gasteiger partial charge is 0.181 e. The van der Waals surface area contributed by atoms with Gasteiger partial charge < -0.3 is 14.0 Å². The lowest BCUT2D eigenvalue weighted by Crippen LogP contribution is -2.38. The summed E-state index contributed by atoms with van der Waals surface area (Å²) in [6.45, 7) is 6.60. The Morgan fingerprint density at radius 2 is 2.00 bits per heavy atom. The zero-order valence-electron chi connectivity index (χ0n) is 16.5. The molecule has 0 bridgehead atoms. The van der Waals surface area contributed by atoms with Crippen LogP contribution in [0.4, 0.5) is 0 Å². The van der Waals surface area contributed by atoms with E-state index in [9.17, 15) is 0 Å². The lowest BCUT2D eigenvalue weighted by molar-refractivity contribution is -0.0395. The fourth-order valence-electron chi connectivity index (χ4n) is 4.13. The van der Waals surface area contributed by atoms with Crippen LogP contribution in [0.2, 0.25) is 0 Å². The molecular formula is C21H26IN5O2. The molecule has 2 aliphatic rings. The van der Waals surface area contributed by atoms with Crippen molar-refractivity contribution in [1.82, 2.24) is 24.2 Å². The average Bonchev–Trinajstić information content (AvgIpc) is 3.39. The highest BCUT2D eigenvalue weighted by molar-refractivity contribution is 14.1. The standard InChI is InChI=1S/C21H26IN5O2/c22-18-14-26(7-6-25-8-11-28-12-9-25)19-5-4-16(13-17(18)19)21-23-15-27(24-21)20-3-1-2-10-29-20/h4-5,13-15,20H,1-3,6-12H2. The Bertz CT molecular complexity index is 973. The summed E-state index contributed by atoms with van der Waals surface area (Å²) in [5.74, 6) is 0.762. The second-order valence-electron chi connectivity index (χ2n) is 7.73. The molecular weight excluding hydrogens is 481 g/mol. The fourth-order valence-corrected chi connectivity index (χ4v) is 4.90. The van der Waals surface area contributed by atoms with Crippen LogP contribution in [0, 0.1) is 3.57 Å². The first-order valence-electron chi connectivity index (χ1n) is 10.4. The van der Waals surface area contributed by atoms with E-state index in [4.69, 9.17) is 14.6 Å². The third kappa shape index (κ3) is 4.21. The van der Waals surface area contributed by atoms with Crippen molar-refractivity contribution in [2.24, 2.45) is 0 Å². The van der Waals surface area contributed by atoms with Gasteiger partial charge in [0.05, 0.1) is 13.2 Å². The van der Waals surface area contributed by atoms with E-state index in [1.165, 1.54) is 20.9 Å². The minimum absolute atomic E-state index is 0.0233. The van der Waals surface area contributed by atoms with E-state index in [0.29, 0.717) is 0 Å². The van der Waals surface area contributed by atoms with Crippen molar-refractivity contribution < 1.29 is 9.47 Å². The number of morpholine rings is 1. The molecule has 2 aliphatic heterocycles. The first kappa shape index (κ1) is 19.5. The SMILES string of the molecule is Ic1cn(CCN2CCOCC2)c2ccc(-c3ncn(C4CCCCO4)n3)cc12. The second kappa shape index (κ2) is 8.71. The number of halogens is 1. The van der Waals surface area contributed by atoms with Gasteiger partial charge in [-0.15, -0.1) is 5.10 Å². The van der Waals surface area contributed by atoms with Crippen molar-refractivity contribution in [2.75, 3.05) is 39.5 Å². The Labute approximate surface area is 184 Å². The Balaban J connectivity index is 1.35. The molecule has 4 heterocycles. The fraction of sp³-hybridized carbons (Fsp3) is 0.524. The van der Waals surface area contributed by atoms with Gasteiger partial charge in [-0.05, 0) is 60.1 Å². The van der Waals surface area contributed by atoms with Crippen molar-refractivity contribution in [3.05, 3.63) is 34.3 Å². The first-order chi connectivity index (χ1) is 14.3. The minimum Gasteiger partial charge on any atom is -0.379 e. The molecule has 0 spiro atoms. The summed E-state index contributed by atoms with van der Waals surface area (Å²) in [7, 11) is 0. The van der Waals surface area contributed by atoms with Gasteiger partial charge in [0.2, 0.25) is 0 Å². The van der Waals surface area contributed by atoms with Gasteiger partial charge in [-0.2, -0.15) is 0 Å². The van der Waals surface area contributed by atoms with E-state index >= 15 is 0 Å². The summed E-state index contributed by atoms with van der Waals surface area (Å²) in [5, 5.41) is 5.96. The van der Waals surface area contributed by atoms with Crippen molar-refractivity contribution in [3.8, 4) is 11.4 Å². The molecule has 1 aromatic carbocycles. The van der Waals surface area contributed by atoms with Gasteiger partial charge in [-0.1, -0.05) is 0 Å². The molecule has 8 heteroatoms. The number of aromatic nitrogens is 4. The lowest BCUT2D eigenvalue weighted by Gasteiger charge is -2.26. The maximum atomic E-state index is 5.83. The Morgan fingerprint density at radius 1 is 1.10 bits per heavy atom. The van der Waals surface area contributed by atoms with E-state index in [1.54, 1.807) is 6.33 Å². The highest BCUT2D eigenvalue weighted by atomic mass is 127. The number of hydrogen-bond donors (Lipinski definition) is 0. The van der Waals surface area contributed by atoms with Crippen LogP contribution in [0.3, 0.4) is 0 Å². The number of ether oxygens (including phenoxy) is 2. The number of nitrogens with zero attached hydrogens (tertiary/aromatic N) is 5. The van der Waals surface area contributed by atoms with E-state index in [-0.39, 0.29) is 6.23 Å². The molecule has 2 fully saturated rings. The van der Waals surface area contributed by atoms with Crippen LogP contribution in [0.15, 0.2) is 30.7 Å². The van der Waals surface area contributed by atoms with E-state index < -0.39 is 0 Å². The Hall–Kier alpha value is -1.49. The maximum absolute atomic E-state index is 5.83. The predicted octanol–water partition coefficient (Wildman–Crippen LogP) is 3.54. The molecule has 7 nitrogen and oxygen atoms in total. The zero-order chi connectivity index (χ0) is 19.6. The molecule has 0 amide bonds. The predicted molar refractivity (Wildman–Crippen MR) is 120 cm³/mol. The summed E-state index contributed by atoms with van der Waals surface area (Å²) >= 11 is 2.43. The molecule has 3 aromatic rings. The van der Waals surface area contributed by atoms with Crippen LogP contribution >= 0.6 is 22.6 Å². The van der Waals surface area contributed by atoms with Gasteiger partial charge >= 0.3 is 0 Å². The Kier molecular flexibility index (Phi) is 5.85. The van der Waals surface area contributed by atoms with Gasteiger partial charge in [-0.25, -0.2) is 9.67 Å². The van der Waals surface area contributed by atoms with Gasteiger partial charge in [-0.3, -0.25) is 4.90 Å². The van der Waals surface area contributed by atoms with E-state index in [2.05, 4.69) is 61.4 Å². The first-order valence-corrected chi connectivity index (χ1v) is 11.5. The molecule has 2 saturated heterocycles. The summed E-state index contributed by atoms with van der Waals surface area (Å²) < 4.78 is 16.8. The molecule has 0 saturated carbocycles. The molecule has 1 atom stereocenters. The van der Waals surface area contributed by atoms with Gasteiger partial charge in [0, 0.05) is 59.0 Å². The van der Waals surface area contributed by atoms with E-state index in [1.807, 2.05) is 4.68 Å². The molecule has 5 rings (SSSR count).